The van der Waals surface area contributed by atoms with Crippen molar-refractivity contribution < 1.29 is 15.9 Å². The number of carbonyl (C=O) groups is 1. The highest BCUT2D eigenvalue weighted by Gasteiger charge is 1.93. The van der Waals surface area contributed by atoms with Crippen LogP contribution in [-0.4, -0.2) is 22.6 Å². The van der Waals surface area contributed by atoms with Crippen molar-refractivity contribution in [3.05, 3.63) is 0 Å². The third-order valence-electron chi connectivity index (χ3n) is 0.513. The summed E-state index contributed by atoms with van der Waals surface area (Å²) < 4.78 is 52.7. The van der Waals surface area contributed by atoms with E-state index in [2.05, 4.69) is 0 Å². The second kappa shape index (κ2) is 3.78. The molecule has 0 unspecified atom stereocenters. The number of rotatable bonds is 3. The molecule has 0 aromatic rings. The summed E-state index contributed by atoms with van der Waals surface area (Å²) in [6.45, 7) is -1.88. The van der Waals surface area contributed by atoms with Crippen LogP contribution in [0.15, 0.2) is 0 Å². The van der Waals surface area contributed by atoms with Gasteiger partial charge in [0, 0.05) is 6.85 Å². The van der Waals surface area contributed by atoms with E-state index in [0.29, 0.717) is 0 Å². The minimum atomic E-state index is -4.16. The average Bonchev–Trinajstić information content (AvgIpc) is 2.01. The van der Waals surface area contributed by atoms with E-state index in [1.54, 1.807) is 0 Å². The maximum Gasteiger partial charge on any atom is 0.140 e. The molecular weight excluding hydrogens is 124 g/mol. The van der Waals surface area contributed by atoms with Gasteiger partial charge in [0.2, 0.25) is 0 Å². The van der Waals surface area contributed by atoms with E-state index in [4.69, 9.17) is 7.98 Å². The summed E-state index contributed by atoms with van der Waals surface area (Å²) in [5.41, 5.74) is -3.09. The number of Topliss-reactive ketones (excluding diaryl/α,β-unsaturated/α-hetero) is 1. The van der Waals surface area contributed by atoms with Crippen LogP contribution in [0.2, 0.25) is 0 Å². The molecule has 0 fully saturated rings. The summed E-state index contributed by atoms with van der Waals surface area (Å²) in [5.74, 6) is -2.13. The standard InChI is InChI=1S/C5H12O2S/c1-3-8(7)4-5(2)6/h3-4,8H2,1-2H3/i2D3,4D2,8D. The highest BCUT2D eigenvalue weighted by Crippen LogP contribution is 1.80. The SMILES string of the molecule is [2H]C([2H])([2H])C(=O)C([2H])([2H])[SH]([2H])(=O)CC. The lowest BCUT2D eigenvalue weighted by molar-refractivity contribution is -0.114. The van der Waals surface area contributed by atoms with Crippen LogP contribution < -0.4 is 0 Å². The first kappa shape index (κ1) is 2.21. The molecule has 8 heavy (non-hydrogen) atoms. The number of hydrogen-bond acceptors (Lipinski definition) is 2. The van der Waals surface area contributed by atoms with Gasteiger partial charge in [-0.15, -0.1) is 10.7 Å². The van der Waals surface area contributed by atoms with Crippen molar-refractivity contribution >= 4 is 16.5 Å². The van der Waals surface area contributed by atoms with Gasteiger partial charge < -0.3 is 0 Å². The van der Waals surface area contributed by atoms with Crippen molar-refractivity contribution in [3.8, 4) is 0 Å². The largest absolute Gasteiger partial charge is 0.299 e. The molecule has 0 spiro atoms. The fourth-order valence-corrected chi connectivity index (χ4v) is 0.577. The molecule has 3 heteroatoms. The molecule has 0 aliphatic rings. The molecular formula is C5H12O2S. The molecule has 0 saturated carbocycles. The summed E-state index contributed by atoms with van der Waals surface area (Å²) in [4.78, 5) is 11.1. The second-order valence-corrected chi connectivity index (χ2v) is 2.75. The normalized spacial score (nSPS) is 27.6. The lowest BCUT2D eigenvalue weighted by Gasteiger charge is -1.94. The van der Waals surface area contributed by atoms with E-state index >= 15 is 0 Å². The Morgan fingerprint density at radius 3 is 3.12 bits per heavy atom. The highest BCUT2D eigenvalue weighted by atomic mass is 32.2. The smallest absolute Gasteiger partial charge is 0.140 e. The van der Waals surface area contributed by atoms with Gasteiger partial charge in [0.25, 0.3) is 0 Å². The minimum absolute atomic E-state index is 0.373. The van der Waals surface area contributed by atoms with Crippen molar-refractivity contribution in [3.63, 3.8) is 0 Å². The van der Waals surface area contributed by atoms with E-state index in [1.807, 2.05) is 0 Å². The summed E-state index contributed by atoms with van der Waals surface area (Å²) in [6.07, 6.45) is 0. The Labute approximate surface area is 59.8 Å². The molecule has 0 saturated heterocycles. The summed E-state index contributed by atoms with van der Waals surface area (Å²) in [7, 11) is -4.16. The Bertz CT molecular complexity index is 282. The van der Waals surface area contributed by atoms with Crippen molar-refractivity contribution in [2.75, 3.05) is 11.5 Å². The van der Waals surface area contributed by atoms with Crippen molar-refractivity contribution in [1.29, 1.82) is 1.12 Å². The number of ketones is 1. The Morgan fingerprint density at radius 2 is 2.75 bits per heavy atom. The van der Waals surface area contributed by atoms with Crippen LogP contribution in [0.4, 0.5) is 0 Å². The molecule has 0 rings (SSSR count). The van der Waals surface area contributed by atoms with Crippen LogP contribution in [0.5, 0.6) is 0 Å². The van der Waals surface area contributed by atoms with Crippen molar-refractivity contribution in [2.45, 2.75) is 13.8 Å². The maximum atomic E-state index is 11.3. The molecule has 0 heterocycles. The molecule has 0 atom stereocenters. The number of carbonyl (C=O) groups excluding carboxylic acids is 1. The van der Waals surface area contributed by atoms with Crippen LogP contribution in [-0.2, 0) is 15.5 Å². The number of hydrogen-bond donors (Lipinski definition) is 0. The van der Waals surface area contributed by atoms with E-state index in [0.717, 1.165) is 0 Å². The Kier molecular flexibility index (Phi) is 1.05. The summed E-state index contributed by atoms with van der Waals surface area (Å²) >= 11 is 0. The van der Waals surface area contributed by atoms with Crippen LogP contribution in [0.3, 0.4) is 0 Å². The minimum Gasteiger partial charge on any atom is -0.299 e. The van der Waals surface area contributed by atoms with Gasteiger partial charge in [-0.05, 0) is 12.6 Å². The predicted molar refractivity (Wildman–Crippen MR) is 37.0 cm³/mol. The third kappa shape index (κ3) is 3.99. The first-order valence-corrected chi connectivity index (χ1v) is 3.58. The van der Waals surface area contributed by atoms with Crippen LogP contribution in [0, 0.1) is 0 Å². The lowest BCUT2D eigenvalue weighted by atomic mass is 10.5. The van der Waals surface area contributed by atoms with Gasteiger partial charge in [0.15, 0.2) is 0 Å². The fourth-order valence-electron chi connectivity index (χ4n) is 0.192. The molecule has 2 nitrogen and oxygen atoms in total. The Hall–Kier alpha value is -0.180. The molecule has 0 N–H and O–H groups in total. The Balaban J connectivity index is 5.18. The highest BCUT2D eigenvalue weighted by molar-refractivity contribution is 7.85. The van der Waals surface area contributed by atoms with Gasteiger partial charge in [0.05, 0.1) is 5.70 Å². The van der Waals surface area contributed by atoms with Gasteiger partial charge in [-0.3, -0.25) is 9.00 Å². The zero-order valence-electron chi connectivity index (χ0n) is 10.5. The molecule has 0 aliphatic carbocycles. The van der Waals surface area contributed by atoms with Crippen LogP contribution >= 0.6 is 0 Å². The third-order valence-corrected chi connectivity index (χ3v) is 1.54. The van der Waals surface area contributed by atoms with E-state index in [1.165, 1.54) is 6.92 Å². The van der Waals surface area contributed by atoms with Crippen molar-refractivity contribution in [1.82, 2.24) is 0 Å². The fraction of sp³-hybridized carbons (Fsp3) is 0.800. The van der Waals surface area contributed by atoms with Crippen LogP contribution in [0.25, 0.3) is 0 Å². The van der Waals surface area contributed by atoms with E-state index in [-0.39, 0.29) is 5.75 Å². The molecule has 0 aromatic heterocycles. The first-order valence-electron chi connectivity index (χ1n) is 5.08. The Morgan fingerprint density at radius 1 is 2.12 bits per heavy atom. The molecule has 0 aliphatic heterocycles. The van der Waals surface area contributed by atoms with Gasteiger partial charge in [0.1, 0.15) is 6.91 Å². The molecule has 0 amide bonds. The maximum absolute atomic E-state index is 11.3. The lowest BCUT2D eigenvalue weighted by Crippen LogP contribution is -2.07. The van der Waals surface area contributed by atoms with Gasteiger partial charge in [-0.25, -0.2) is 0 Å². The quantitative estimate of drug-likeness (QED) is 0.547. The second-order valence-electron chi connectivity index (χ2n) is 1.14. The molecule has 0 radical (unpaired) electrons. The topological polar surface area (TPSA) is 34.1 Å². The predicted octanol–water partition coefficient (Wildman–Crippen LogP) is -0.191. The first-order chi connectivity index (χ1) is 5.97. The van der Waals surface area contributed by atoms with Crippen molar-refractivity contribution in [2.24, 2.45) is 0 Å². The molecule has 50 valence electrons. The molecule has 0 bridgehead atoms. The molecule has 0 aromatic carbocycles. The average molecular weight is 142 g/mol. The zero-order valence-corrected chi connectivity index (χ0v) is 5.37. The van der Waals surface area contributed by atoms with E-state index in [9.17, 15) is 9.00 Å². The van der Waals surface area contributed by atoms with E-state index < -0.39 is 29.0 Å². The summed E-state index contributed by atoms with van der Waals surface area (Å²) in [6, 6.07) is 0. The van der Waals surface area contributed by atoms with Gasteiger partial charge in [-0.2, -0.15) is 0 Å². The van der Waals surface area contributed by atoms with Gasteiger partial charge in [-0.1, -0.05) is 6.92 Å². The monoisotopic (exact) mass is 142 g/mol. The summed E-state index contributed by atoms with van der Waals surface area (Å²) in [5, 5.41) is 0. The zero-order chi connectivity index (χ0) is 11.8. The van der Waals surface area contributed by atoms with Crippen LogP contribution in [0.1, 0.15) is 20.6 Å². The van der Waals surface area contributed by atoms with Gasteiger partial charge >= 0.3 is 0 Å².